The standard InChI is InChI=1S/C14H2Br4O6/c15-7-3-1-2-5(9(7)17)13(21)24-14(22)6(2)10(18)8(16)4(1)12(20)23-11(3)19/h1,3H. The topological polar surface area (TPSA) is 86.7 Å². The number of ether oxygens (including phenoxy) is 2. The molecular formula is C14H2Br4O6. The molecule has 2 aliphatic heterocycles. The Morgan fingerprint density at radius 2 is 1.25 bits per heavy atom. The van der Waals surface area contributed by atoms with Crippen molar-refractivity contribution in [3.8, 4) is 0 Å². The third-order valence-corrected chi connectivity index (χ3v) is 8.50. The highest BCUT2D eigenvalue weighted by atomic mass is 79.9. The molecule has 1 saturated heterocycles. The van der Waals surface area contributed by atoms with Crippen LogP contribution in [-0.4, -0.2) is 23.9 Å². The molecule has 0 radical (unpaired) electrons. The van der Waals surface area contributed by atoms with E-state index in [2.05, 4.69) is 63.7 Å². The van der Waals surface area contributed by atoms with Crippen molar-refractivity contribution in [1.82, 2.24) is 0 Å². The molecule has 1 fully saturated rings. The Labute approximate surface area is 167 Å². The van der Waals surface area contributed by atoms with E-state index in [1.54, 1.807) is 0 Å². The number of cyclic esters (lactones) is 4. The first kappa shape index (κ1) is 16.6. The van der Waals surface area contributed by atoms with Crippen molar-refractivity contribution in [1.29, 1.82) is 0 Å². The van der Waals surface area contributed by atoms with Gasteiger partial charge in [-0.15, -0.1) is 0 Å². The molecule has 0 aromatic carbocycles. The van der Waals surface area contributed by atoms with E-state index in [0.29, 0.717) is 4.48 Å². The van der Waals surface area contributed by atoms with E-state index >= 15 is 0 Å². The largest absolute Gasteiger partial charge is 0.389 e. The minimum absolute atomic E-state index is 0.106. The lowest BCUT2D eigenvalue weighted by molar-refractivity contribution is -0.164. The zero-order chi connectivity index (χ0) is 17.5. The predicted octanol–water partition coefficient (Wildman–Crippen LogP) is 3.01. The number of hydrogen-bond acceptors (Lipinski definition) is 6. The van der Waals surface area contributed by atoms with E-state index in [9.17, 15) is 19.2 Å². The summed E-state index contributed by atoms with van der Waals surface area (Å²) in [5.41, 5.74) is 0.665. The molecule has 10 heteroatoms. The molecule has 122 valence electrons. The van der Waals surface area contributed by atoms with Gasteiger partial charge in [-0.25, -0.2) is 14.4 Å². The van der Waals surface area contributed by atoms with Crippen molar-refractivity contribution >= 4 is 87.6 Å². The Morgan fingerprint density at radius 1 is 0.625 bits per heavy atom. The molecule has 2 atom stereocenters. The van der Waals surface area contributed by atoms with Crippen LogP contribution in [0.4, 0.5) is 0 Å². The van der Waals surface area contributed by atoms with Crippen molar-refractivity contribution in [2.75, 3.05) is 0 Å². The van der Waals surface area contributed by atoms with Gasteiger partial charge in [0.05, 0.1) is 16.7 Å². The van der Waals surface area contributed by atoms with Gasteiger partial charge < -0.3 is 9.47 Å². The van der Waals surface area contributed by atoms with Gasteiger partial charge in [0.25, 0.3) is 0 Å². The van der Waals surface area contributed by atoms with Crippen molar-refractivity contribution in [2.45, 2.75) is 0 Å². The monoisotopic (exact) mass is 582 g/mol. The second kappa shape index (κ2) is 5.33. The molecule has 2 heterocycles. The first-order valence-corrected chi connectivity index (χ1v) is 9.55. The molecule has 2 unspecified atom stereocenters. The molecule has 2 aliphatic carbocycles. The van der Waals surface area contributed by atoms with Crippen LogP contribution in [0.3, 0.4) is 0 Å². The molecule has 0 bridgehead atoms. The fraction of sp³-hybridized carbons (Fsp3) is 0.143. The molecule has 0 aromatic heterocycles. The normalized spacial score (nSPS) is 29.2. The van der Waals surface area contributed by atoms with Gasteiger partial charge in [0, 0.05) is 23.8 Å². The van der Waals surface area contributed by atoms with Gasteiger partial charge in [-0.2, -0.15) is 0 Å². The summed E-state index contributed by atoms with van der Waals surface area (Å²) in [5, 5.41) is 0. The Balaban J connectivity index is 2.18. The fourth-order valence-corrected chi connectivity index (χ4v) is 5.64. The summed E-state index contributed by atoms with van der Waals surface area (Å²) in [4.78, 5) is 49.0. The highest BCUT2D eigenvalue weighted by Gasteiger charge is 2.56. The summed E-state index contributed by atoms with van der Waals surface area (Å²) in [5.74, 6) is -4.95. The highest BCUT2D eigenvalue weighted by Crippen LogP contribution is 2.58. The van der Waals surface area contributed by atoms with Crippen LogP contribution in [0.25, 0.3) is 0 Å². The summed E-state index contributed by atoms with van der Waals surface area (Å²) in [7, 11) is 0. The van der Waals surface area contributed by atoms with E-state index < -0.39 is 35.7 Å². The maximum absolute atomic E-state index is 12.3. The van der Waals surface area contributed by atoms with Gasteiger partial charge in [0.2, 0.25) is 0 Å². The SMILES string of the molecule is O=C1OC(=O)C2=C3C1=C(Br)C(Br)=C1C(=O)OC(=O)C(C(Br)=C2Br)C13. The van der Waals surface area contributed by atoms with Crippen molar-refractivity contribution < 1.29 is 28.7 Å². The van der Waals surface area contributed by atoms with Crippen molar-refractivity contribution in [2.24, 2.45) is 11.8 Å². The third kappa shape index (κ3) is 1.91. The van der Waals surface area contributed by atoms with Gasteiger partial charge in [-0.3, -0.25) is 4.79 Å². The number of carbonyl (C=O) groups excluding carboxylic acids is 4. The maximum Gasteiger partial charge on any atom is 0.347 e. The fourth-order valence-electron chi connectivity index (χ4n) is 3.17. The van der Waals surface area contributed by atoms with Crippen LogP contribution in [-0.2, 0) is 28.7 Å². The Hall–Kier alpha value is -0.840. The number of rotatable bonds is 0. The Morgan fingerprint density at radius 3 is 1.92 bits per heavy atom. The van der Waals surface area contributed by atoms with Crippen LogP contribution >= 0.6 is 63.7 Å². The van der Waals surface area contributed by atoms with Crippen molar-refractivity contribution in [3.63, 3.8) is 0 Å². The van der Waals surface area contributed by atoms with E-state index in [4.69, 9.17) is 9.47 Å². The van der Waals surface area contributed by atoms with E-state index in [0.717, 1.165) is 0 Å². The molecule has 0 saturated carbocycles. The average Bonchev–Trinajstić information content (AvgIpc) is 2.49. The van der Waals surface area contributed by atoms with Gasteiger partial charge in [0.1, 0.15) is 5.92 Å². The highest BCUT2D eigenvalue weighted by molar-refractivity contribution is 9.15. The first-order valence-electron chi connectivity index (χ1n) is 6.38. The Bertz CT molecular complexity index is 935. The molecular weight excluding hydrogens is 584 g/mol. The lowest BCUT2D eigenvalue weighted by atomic mass is 9.68. The molecule has 0 amide bonds. The van der Waals surface area contributed by atoms with E-state index in [1.807, 2.05) is 0 Å². The number of allylic oxidation sites excluding steroid dienone is 2. The molecule has 0 N–H and O–H groups in total. The number of halogens is 4. The first-order chi connectivity index (χ1) is 11.3. The number of hydrogen-bond donors (Lipinski definition) is 0. The minimum Gasteiger partial charge on any atom is -0.389 e. The van der Waals surface area contributed by atoms with Gasteiger partial charge in [-0.05, 0) is 53.4 Å². The third-order valence-electron chi connectivity index (χ3n) is 4.11. The predicted molar refractivity (Wildman–Crippen MR) is 93.0 cm³/mol. The number of carbonyl (C=O) groups is 4. The van der Waals surface area contributed by atoms with E-state index in [-0.39, 0.29) is 35.7 Å². The smallest absolute Gasteiger partial charge is 0.347 e. The van der Waals surface area contributed by atoms with Crippen LogP contribution in [0, 0.1) is 11.8 Å². The zero-order valence-corrected chi connectivity index (χ0v) is 17.5. The molecule has 0 spiro atoms. The maximum atomic E-state index is 12.3. The zero-order valence-electron chi connectivity index (χ0n) is 11.1. The molecule has 4 aliphatic rings. The van der Waals surface area contributed by atoms with Crippen LogP contribution in [0.2, 0.25) is 0 Å². The molecule has 0 aromatic rings. The minimum atomic E-state index is -0.882. The molecule has 6 nitrogen and oxygen atoms in total. The van der Waals surface area contributed by atoms with Crippen LogP contribution in [0.1, 0.15) is 0 Å². The second-order valence-electron chi connectivity index (χ2n) is 5.21. The van der Waals surface area contributed by atoms with Gasteiger partial charge in [0.15, 0.2) is 0 Å². The summed E-state index contributed by atoms with van der Waals surface area (Å²) in [6.07, 6.45) is 0. The summed E-state index contributed by atoms with van der Waals surface area (Å²) >= 11 is 13.1. The average molecular weight is 586 g/mol. The van der Waals surface area contributed by atoms with Crippen LogP contribution < -0.4 is 0 Å². The lowest BCUT2D eigenvalue weighted by Crippen LogP contribution is -2.46. The lowest BCUT2D eigenvalue weighted by Gasteiger charge is -2.41. The quantitative estimate of drug-likeness (QED) is 0.321. The summed E-state index contributed by atoms with van der Waals surface area (Å²) in [6, 6.07) is 0. The summed E-state index contributed by atoms with van der Waals surface area (Å²) in [6.45, 7) is 0. The van der Waals surface area contributed by atoms with Crippen molar-refractivity contribution in [3.05, 3.63) is 40.2 Å². The molecule has 24 heavy (non-hydrogen) atoms. The van der Waals surface area contributed by atoms with Crippen LogP contribution in [0.5, 0.6) is 0 Å². The van der Waals surface area contributed by atoms with Gasteiger partial charge in [-0.1, -0.05) is 15.9 Å². The second-order valence-corrected chi connectivity index (χ2v) is 8.44. The number of esters is 4. The van der Waals surface area contributed by atoms with E-state index in [1.165, 1.54) is 0 Å². The Kier molecular flexibility index (Phi) is 3.69. The summed E-state index contributed by atoms with van der Waals surface area (Å²) < 4.78 is 10.8. The molecule has 4 rings (SSSR count). The van der Waals surface area contributed by atoms with Crippen LogP contribution in [0.15, 0.2) is 40.2 Å². The van der Waals surface area contributed by atoms with Gasteiger partial charge >= 0.3 is 23.9 Å².